The Bertz CT molecular complexity index is 1150. The first-order valence-electron chi connectivity index (χ1n) is 9.60. The Morgan fingerprint density at radius 3 is 2.31 bits per heavy atom. The Hall–Kier alpha value is -3.56. The molecule has 5 heterocycles. The Morgan fingerprint density at radius 2 is 1.62 bits per heavy atom. The second kappa shape index (κ2) is 6.80. The molecule has 0 N–H and O–H groups in total. The number of nitrogens with zero attached hydrogens (tertiary/aromatic N) is 10. The van der Waals surface area contributed by atoms with Gasteiger partial charge < -0.3 is 9.80 Å². The van der Waals surface area contributed by atoms with Crippen molar-refractivity contribution in [2.45, 2.75) is 13.8 Å². The minimum atomic E-state index is 0.734. The predicted octanol–water partition coefficient (Wildman–Crippen LogP) is 1.28. The molecule has 1 saturated heterocycles. The van der Waals surface area contributed by atoms with Crippen LogP contribution in [0.25, 0.3) is 16.9 Å². The zero-order valence-corrected chi connectivity index (χ0v) is 16.7. The van der Waals surface area contributed by atoms with Crippen molar-refractivity contribution in [1.82, 2.24) is 39.7 Å². The lowest BCUT2D eigenvalue weighted by atomic mass is 10.2. The molecule has 10 heteroatoms. The standard InChI is InChI=1S/C19H22N10/c1-13-10-14(2)29(25-13)17-5-4-16(23-24-17)27-6-8-28(9-7-27)19-15-11-22-26(3)18(15)20-12-21-19/h4-5,10-12H,6-9H2,1-3H3. The molecule has 10 nitrogen and oxygen atoms in total. The zero-order valence-electron chi connectivity index (χ0n) is 16.7. The third kappa shape index (κ3) is 3.06. The summed E-state index contributed by atoms with van der Waals surface area (Å²) in [4.78, 5) is 13.4. The number of fused-ring (bicyclic) bond motifs is 1. The highest BCUT2D eigenvalue weighted by Crippen LogP contribution is 2.24. The maximum absolute atomic E-state index is 4.50. The highest BCUT2D eigenvalue weighted by Gasteiger charge is 2.22. The second-order valence-corrected chi connectivity index (χ2v) is 7.27. The summed E-state index contributed by atoms with van der Waals surface area (Å²) in [6.45, 7) is 7.38. The lowest BCUT2D eigenvalue weighted by Gasteiger charge is -2.35. The number of aryl methyl sites for hydroxylation is 3. The van der Waals surface area contributed by atoms with Gasteiger partial charge in [-0.05, 0) is 32.0 Å². The molecule has 0 atom stereocenters. The lowest BCUT2D eigenvalue weighted by molar-refractivity contribution is 0.637. The smallest absolute Gasteiger partial charge is 0.176 e. The van der Waals surface area contributed by atoms with Crippen molar-refractivity contribution in [2.24, 2.45) is 7.05 Å². The van der Waals surface area contributed by atoms with Crippen LogP contribution in [0.1, 0.15) is 11.4 Å². The van der Waals surface area contributed by atoms with Gasteiger partial charge in [0.15, 0.2) is 17.3 Å². The van der Waals surface area contributed by atoms with Crippen molar-refractivity contribution in [3.8, 4) is 5.82 Å². The van der Waals surface area contributed by atoms with E-state index in [-0.39, 0.29) is 0 Å². The Balaban J connectivity index is 1.31. The number of anilines is 2. The number of hydrogen-bond acceptors (Lipinski definition) is 8. The van der Waals surface area contributed by atoms with Crippen molar-refractivity contribution in [3.05, 3.63) is 42.1 Å². The summed E-state index contributed by atoms with van der Waals surface area (Å²) >= 11 is 0. The molecule has 1 aliphatic heterocycles. The summed E-state index contributed by atoms with van der Waals surface area (Å²) in [6.07, 6.45) is 3.44. The average molecular weight is 390 g/mol. The average Bonchev–Trinajstić information content (AvgIpc) is 3.30. The molecule has 0 spiro atoms. The van der Waals surface area contributed by atoms with Crippen LogP contribution in [0.2, 0.25) is 0 Å². The SMILES string of the molecule is Cc1cc(C)n(-c2ccc(N3CCN(c4ncnc5c4cnn5C)CC3)nn2)n1. The molecule has 29 heavy (non-hydrogen) atoms. The van der Waals surface area contributed by atoms with Gasteiger partial charge in [-0.3, -0.25) is 4.68 Å². The van der Waals surface area contributed by atoms with E-state index in [4.69, 9.17) is 0 Å². The van der Waals surface area contributed by atoms with Gasteiger partial charge in [0, 0.05) is 38.9 Å². The van der Waals surface area contributed by atoms with Crippen LogP contribution < -0.4 is 9.80 Å². The molecule has 4 aromatic rings. The van der Waals surface area contributed by atoms with E-state index in [1.165, 1.54) is 0 Å². The lowest BCUT2D eigenvalue weighted by Crippen LogP contribution is -2.47. The van der Waals surface area contributed by atoms with Crippen LogP contribution in [0, 0.1) is 13.8 Å². The van der Waals surface area contributed by atoms with E-state index in [9.17, 15) is 0 Å². The maximum Gasteiger partial charge on any atom is 0.176 e. The molecule has 0 radical (unpaired) electrons. The van der Waals surface area contributed by atoms with Gasteiger partial charge in [0.25, 0.3) is 0 Å². The summed E-state index contributed by atoms with van der Waals surface area (Å²) in [5.41, 5.74) is 2.87. The van der Waals surface area contributed by atoms with Gasteiger partial charge in [0.1, 0.15) is 12.1 Å². The summed E-state index contributed by atoms with van der Waals surface area (Å²) in [6, 6.07) is 6.01. The van der Waals surface area contributed by atoms with Gasteiger partial charge in [-0.2, -0.15) is 10.2 Å². The molecule has 0 saturated carbocycles. The molecule has 0 aliphatic carbocycles. The Labute approximate surface area is 167 Å². The van der Waals surface area contributed by atoms with E-state index in [1.807, 2.05) is 50.0 Å². The quantitative estimate of drug-likeness (QED) is 0.516. The molecule has 0 bridgehead atoms. The van der Waals surface area contributed by atoms with E-state index in [0.717, 1.165) is 66.1 Å². The van der Waals surface area contributed by atoms with Crippen LogP contribution in [0.4, 0.5) is 11.6 Å². The molecule has 1 fully saturated rings. The number of aromatic nitrogens is 8. The fraction of sp³-hybridized carbons (Fsp3) is 0.368. The molecule has 1 aliphatic rings. The van der Waals surface area contributed by atoms with E-state index in [0.29, 0.717) is 0 Å². The maximum atomic E-state index is 4.50. The van der Waals surface area contributed by atoms with Gasteiger partial charge in [-0.1, -0.05) is 0 Å². The Kier molecular flexibility index (Phi) is 4.11. The summed E-state index contributed by atoms with van der Waals surface area (Å²) in [5.74, 6) is 2.55. The van der Waals surface area contributed by atoms with Crippen LogP contribution in [0.3, 0.4) is 0 Å². The minimum absolute atomic E-state index is 0.734. The van der Waals surface area contributed by atoms with E-state index in [2.05, 4.69) is 40.2 Å². The fourth-order valence-electron chi connectivity index (χ4n) is 3.81. The second-order valence-electron chi connectivity index (χ2n) is 7.27. The van der Waals surface area contributed by atoms with Gasteiger partial charge >= 0.3 is 0 Å². The van der Waals surface area contributed by atoms with Crippen LogP contribution in [0.15, 0.2) is 30.7 Å². The summed E-state index contributed by atoms with van der Waals surface area (Å²) in [5, 5.41) is 18.6. The highest BCUT2D eigenvalue weighted by molar-refractivity contribution is 5.86. The minimum Gasteiger partial charge on any atom is -0.352 e. The summed E-state index contributed by atoms with van der Waals surface area (Å²) < 4.78 is 3.59. The molecule has 0 aromatic carbocycles. The van der Waals surface area contributed by atoms with Crippen molar-refractivity contribution in [3.63, 3.8) is 0 Å². The first kappa shape index (κ1) is 17.5. The van der Waals surface area contributed by atoms with Gasteiger partial charge in [0.2, 0.25) is 0 Å². The third-order valence-corrected chi connectivity index (χ3v) is 5.27. The Morgan fingerprint density at radius 1 is 0.897 bits per heavy atom. The van der Waals surface area contributed by atoms with Crippen molar-refractivity contribution in [1.29, 1.82) is 0 Å². The molecule has 4 aromatic heterocycles. The van der Waals surface area contributed by atoms with Gasteiger partial charge in [-0.15, -0.1) is 10.2 Å². The molecular formula is C19H22N10. The zero-order chi connectivity index (χ0) is 20.0. The first-order chi connectivity index (χ1) is 14.1. The highest BCUT2D eigenvalue weighted by atomic mass is 15.4. The molecular weight excluding hydrogens is 368 g/mol. The van der Waals surface area contributed by atoms with Crippen LogP contribution >= 0.6 is 0 Å². The third-order valence-electron chi connectivity index (χ3n) is 5.27. The number of hydrogen-bond donors (Lipinski definition) is 0. The topological polar surface area (TPSA) is 93.7 Å². The molecule has 5 rings (SSSR count). The van der Waals surface area contributed by atoms with E-state index < -0.39 is 0 Å². The van der Waals surface area contributed by atoms with Crippen molar-refractivity contribution in [2.75, 3.05) is 36.0 Å². The predicted molar refractivity (Wildman–Crippen MR) is 109 cm³/mol. The van der Waals surface area contributed by atoms with Gasteiger partial charge in [-0.25, -0.2) is 14.6 Å². The van der Waals surface area contributed by atoms with Crippen molar-refractivity contribution < 1.29 is 0 Å². The van der Waals surface area contributed by atoms with Crippen LogP contribution in [-0.2, 0) is 7.05 Å². The van der Waals surface area contributed by atoms with Crippen molar-refractivity contribution >= 4 is 22.7 Å². The number of rotatable bonds is 3. The normalized spacial score (nSPS) is 14.7. The van der Waals surface area contributed by atoms with Crippen LogP contribution in [-0.4, -0.2) is 65.9 Å². The fourth-order valence-corrected chi connectivity index (χ4v) is 3.81. The van der Waals surface area contributed by atoms with Gasteiger partial charge in [0.05, 0.1) is 17.3 Å². The van der Waals surface area contributed by atoms with E-state index in [1.54, 1.807) is 11.0 Å². The van der Waals surface area contributed by atoms with E-state index >= 15 is 0 Å². The van der Waals surface area contributed by atoms with Crippen LogP contribution in [0.5, 0.6) is 0 Å². The summed E-state index contributed by atoms with van der Waals surface area (Å²) in [7, 11) is 1.89. The number of piperazine rings is 1. The monoisotopic (exact) mass is 390 g/mol. The molecule has 0 amide bonds. The first-order valence-corrected chi connectivity index (χ1v) is 9.60. The largest absolute Gasteiger partial charge is 0.352 e. The molecule has 0 unspecified atom stereocenters. The molecule has 148 valence electrons.